The number of carbonyl (C=O) groups excluding carboxylic acids is 2. The summed E-state index contributed by atoms with van der Waals surface area (Å²) in [6.07, 6.45) is 0. The Hall–Kier alpha value is -1.66. The Balaban J connectivity index is 2.36. The number of hydrogen-bond donors (Lipinski definition) is 1. The molecular weight excluding hydrogens is 354 g/mol. The number of aryl methyl sites for hydroxylation is 1. The number of carbonyl (C=O) groups is 2. The van der Waals surface area contributed by atoms with Gasteiger partial charge in [-0.1, -0.05) is 12.1 Å². The maximum Gasteiger partial charge on any atom is 0.341 e. The van der Waals surface area contributed by atoms with Gasteiger partial charge < -0.3 is 10.1 Å². The molecule has 0 unspecified atom stereocenters. The van der Waals surface area contributed by atoms with Crippen LogP contribution in [0.1, 0.15) is 31.2 Å². The predicted octanol–water partition coefficient (Wildman–Crippen LogP) is 4.17. The van der Waals surface area contributed by atoms with Crippen molar-refractivity contribution < 1.29 is 14.3 Å². The van der Waals surface area contributed by atoms with E-state index in [4.69, 9.17) is 4.74 Å². The third-order valence-corrected chi connectivity index (χ3v) is 4.93. The number of thiophene rings is 1. The van der Waals surface area contributed by atoms with Crippen LogP contribution in [0.5, 0.6) is 0 Å². The molecule has 0 saturated carbocycles. The van der Waals surface area contributed by atoms with Crippen molar-refractivity contribution in [2.75, 3.05) is 12.4 Å². The first-order chi connectivity index (χ1) is 9.95. The zero-order chi connectivity index (χ0) is 15.6. The normalized spacial score (nSPS) is 10.3. The number of hydrogen-bond acceptors (Lipinski definition) is 4. The van der Waals surface area contributed by atoms with Crippen molar-refractivity contribution in [3.63, 3.8) is 0 Å². The zero-order valence-electron chi connectivity index (χ0n) is 11.8. The third-order valence-electron chi connectivity index (χ3n) is 3.12. The monoisotopic (exact) mass is 367 g/mol. The summed E-state index contributed by atoms with van der Waals surface area (Å²) in [4.78, 5) is 25.2. The number of rotatable bonds is 3. The van der Waals surface area contributed by atoms with E-state index in [9.17, 15) is 9.59 Å². The van der Waals surface area contributed by atoms with Crippen molar-refractivity contribution in [1.82, 2.24) is 0 Å². The van der Waals surface area contributed by atoms with E-state index in [1.54, 1.807) is 18.2 Å². The summed E-state index contributed by atoms with van der Waals surface area (Å²) >= 11 is 4.71. The first-order valence-electron chi connectivity index (χ1n) is 6.20. The molecule has 0 radical (unpaired) electrons. The fourth-order valence-corrected chi connectivity index (χ4v) is 3.39. The van der Waals surface area contributed by atoms with Crippen LogP contribution in [0.2, 0.25) is 0 Å². The number of nitrogens with one attached hydrogen (secondary N) is 1. The second-order valence-electron chi connectivity index (χ2n) is 4.41. The molecule has 1 amide bonds. The van der Waals surface area contributed by atoms with Gasteiger partial charge in [0.1, 0.15) is 5.00 Å². The first kappa shape index (κ1) is 15.7. The Kier molecular flexibility index (Phi) is 4.80. The minimum Gasteiger partial charge on any atom is -0.465 e. The van der Waals surface area contributed by atoms with Gasteiger partial charge in [0.05, 0.1) is 18.2 Å². The van der Waals surface area contributed by atoms with Crippen LogP contribution in [0.25, 0.3) is 0 Å². The van der Waals surface area contributed by atoms with Crippen molar-refractivity contribution in [3.8, 4) is 0 Å². The van der Waals surface area contributed by atoms with Gasteiger partial charge in [0.25, 0.3) is 5.91 Å². The van der Waals surface area contributed by atoms with E-state index in [0.717, 1.165) is 10.4 Å². The first-order valence-corrected chi connectivity index (χ1v) is 7.80. The summed E-state index contributed by atoms with van der Waals surface area (Å²) in [6, 6.07) is 7.12. The number of ether oxygens (including phenoxy) is 1. The highest BCUT2D eigenvalue weighted by Crippen LogP contribution is 2.33. The largest absolute Gasteiger partial charge is 0.465 e. The number of amides is 1. The average Bonchev–Trinajstić information content (AvgIpc) is 2.73. The zero-order valence-corrected chi connectivity index (χ0v) is 14.2. The molecule has 2 aromatic rings. The van der Waals surface area contributed by atoms with Crippen molar-refractivity contribution in [2.45, 2.75) is 13.8 Å². The number of esters is 1. The van der Waals surface area contributed by atoms with Gasteiger partial charge in [-0.15, -0.1) is 11.3 Å². The van der Waals surface area contributed by atoms with E-state index in [2.05, 4.69) is 21.2 Å². The molecule has 0 atom stereocenters. The van der Waals surface area contributed by atoms with Crippen LogP contribution in [-0.4, -0.2) is 19.0 Å². The number of benzene rings is 1. The molecule has 6 heteroatoms. The van der Waals surface area contributed by atoms with Crippen molar-refractivity contribution in [1.29, 1.82) is 0 Å². The summed E-state index contributed by atoms with van der Waals surface area (Å²) in [7, 11) is 1.33. The molecule has 0 spiro atoms. The summed E-state index contributed by atoms with van der Waals surface area (Å²) in [6.45, 7) is 3.74. The molecule has 0 fully saturated rings. The van der Waals surface area contributed by atoms with Crippen LogP contribution in [-0.2, 0) is 4.74 Å². The van der Waals surface area contributed by atoms with Gasteiger partial charge in [-0.25, -0.2) is 4.79 Å². The van der Waals surface area contributed by atoms with E-state index >= 15 is 0 Å². The lowest BCUT2D eigenvalue weighted by Gasteiger charge is -2.07. The predicted molar refractivity (Wildman–Crippen MR) is 87.2 cm³/mol. The van der Waals surface area contributed by atoms with E-state index < -0.39 is 5.97 Å². The number of anilines is 1. The highest BCUT2D eigenvalue weighted by Gasteiger charge is 2.22. The van der Waals surface area contributed by atoms with Crippen molar-refractivity contribution in [3.05, 3.63) is 50.3 Å². The van der Waals surface area contributed by atoms with E-state index in [0.29, 0.717) is 20.6 Å². The summed E-state index contributed by atoms with van der Waals surface area (Å²) in [5, 5.41) is 3.30. The smallest absolute Gasteiger partial charge is 0.341 e. The van der Waals surface area contributed by atoms with Crippen molar-refractivity contribution in [2.24, 2.45) is 0 Å². The lowest BCUT2D eigenvalue weighted by molar-refractivity contribution is 0.0601. The highest BCUT2D eigenvalue weighted by molar-refractivity contribution is 9.10. The Morgan fingerprint density at radius 3 is 2.52 bits per heavy atom. The minimum atomic E-state index is -0.445. The molecule has 0 aliphatic heterocycles. The third kappa shape index (κ3) is 3.16. The van der Waals surface area contributed by atoms with Gasteiger partial charge in [-0.2, -0.15) is 0 Å². The van der Waals surface area contributed by atoms with Crippen LogP contribution >= 0.6 is 27.3 Å². The van der Waals surface area contributed by atoms with Crippen LogP contribution in [0.4, 0.5) is 5.00 Å². The number of methoxy groups -OCH3 is 1. The van der Waals surface area contributed by atoms with Crippen LogP contribution in [0, 0.1) is 13.8 Å². The molecule has 110 valence electrons. The molecule has 1 aromatic heterocycles. The van der Waals surface area contributed by atoms with E-state index in [1.807, 2.05) is 19.9 Å². The van der Waals surface area contributed by atoms with Gasteiger partial charge >= 0.3 is 5.97 Å². The Morgan fingerprint density at radius 2 is 1.90 bits per heavy atom. The molecule has 0 saturated heterocycles. The maximum absolute atomic E-state index is 12.3. The highest BCUT2D eigenvalue weighted by atomic mass is 79.9. The fraction of sp³-hybridized carbons (Fsp3) is 0.200. The topological polar surface area (TPSA) is 55.4 Å². The Morgan fingerprint density at radius 1 is 1.24 bits per heavy atom. The maximum atomic E-state index is 12.3. The summed E-state index contributed by atoms with van der Waals surface area (Å²) < 4.78 is 5.49. The van der Waals surface area contributed by atoms with Crippen LogP contribution in [0.3, 0.4) is 0 Å². The quantitative estimate of drug-likeness (QED) is 0.828. The molecule has 1 aromatic carbocycles. The van der Waals surface area contributed by atoms with Crippen LogP contribution < -0.4 is 5.32 Å². The van der Waals surface area contributed by atoms with Crippen molar-refractivity contribution >= 4 is 44.1 Å². The van der Waals surface area contributed by atoms with E-state index in [-0.39, 0.29) is 5.91 Å². The lowest BCUT2D eigenvalue weighted by atomic mass is 10.1. The number of halogens is 1. The second kappa shape index (κ2) is 6.41. The average molecular weight is 368 g/mol. The van der Waals surface area contributed by atoms with Gasteiger partial charge in [0.2, 0.25) is 0 Å². The standard InChI is InChI=1S/C15H14BrNO3S/c1-8-9(2)21-14(12(8)15(19)20-3)17-13(18)10-6-4-5-7-11(10)16/h4-7H,1-3H3,(H,17,18). The molecule has 1 heterocycles. The molecule has 4 nitrogen and oxygen atoms in total. The molecule has 2 rings (SSSR count). The Bertz CT molecular complexity index is 709. The molecule has 0 aliphatic carbocycles. The lowest BCUT2D eigenvalue weighted by Crippen LogP contribution is -2.14. The minimum absolute atomic E-state index is 0.270. The summed E-state index contributed by atoms with van der Waals surface area (Å²) in [5.41, 5.74) is 1.76. The fourth-order valence-electron chi connectivity index (χ4n) is 1.88. The Labute approximate surface area is 135 Å². The van der Waals surface area contributed by atoms with E-state index in [1.165, 1.54) is 18.4 Å². The molecule has 21 heavy (non-hydrogen) atoms. The van der Waals surface area contributed by atoms with Gasteiger partial charge in [0, 0.05) is 9.35 Å². The molecule has 1 N–H and O–H groups in total. The SMILES string of the molecule is COC(=O)c1c(NC(=O)c2ccccc2Br)sc(C)c1C. The molecule has 0 aliphatic rings. The van der Waals surface area contributed by atoms with Gasteiger partial charge in [-0.05, 0) is 47.5 Å². The molecular formula is C15H14BrNO3S. The second-order valence-corrected chi connectivity index (χ2v) is 6.49. The van der Waals surface area contributed by atoms with Gasteiger partial charge in [-0.3, -0.25) is 4.79 Å². The van der Waals surface area contributed by atoms with Crippen LogP contribution in [0.15, 0.2) is 28.7 Å². The molecule has 0 bridgehead atoms. The van der Waals surface area contributed by atoms with Gasteiger partial charge in [0.15, 0.2) is 0 Å². The summed E-state index contributed by atoms with van der Waals surface area (Å²) in [5.74, 6) is -0.715.